The quantitative estimate of drug-likeness (QED) is 0.197. The summed E-state index contributed by atoms with van der Waals surface area (Å²) in [6.45, 7) is 4.06. The number of aryl methyl sites for hydroxylation is 1. The second-order valence-corrected chi connectivity index (χ2v) is 10.1. The van der Waals surface area contributed by atoms with Crippen molar-refractivity contribution in [2.45, 2.75) is 38.4 Å². The van der Waals surface area contributed by atoms with Gasteiger partial charge in [0.05, 0.1) is 11.3 Å². The molecule has 1 heterocycles. The van der Waals surface area contributed by atoms with Crippen LogP contribution in [0.25, 0.3) is 33.4 Å². The smallest absolute Gasteiger partial charge is 0.411 e. The molecule has 2 N–H and O–H groups in total. The van der Waals surface area contributed by atoms with Crippen molar-refractivity contribution in [1.29, 1.82) is 5.26 Å². The predicted molar refractivity (Wildman–Crippen MR) is 149 cm³/mol. The number of nitriles is 1. The number of fused-ring (bicyclic) bond motifs is 1. The zero-order chi connectivity index (χ0) is 29.5. The van der Waals surface area contributed by atoms with Gasteiger partial charge in [0.25, 0.3) is 11.8 Å². The number of rotatable bonds is 7. The maximum atomic E-state index is 13.5. The first-order valence-corrected chi connectivity index (χ1v) is 13.1. The Labute approximate surface area is 234 Å². The molecule has 0 saturated heterocycles. The second kappa shape index (κ2) is 10.3. The lowest BCUT2D eigenvalue weighted by molar-refractivity contribution is -0.163. The van der Waals surface area contributed by atoms with E-state index in [1.54, 1.807) is 31.2 Å². The Morgan fingerprint density at radius 3 is 2.34 bits per heavy atom. The van der Waals surface area contributed by atoms with Crippen molar-refractivity contribution >= 4 is 28.5 Å². The molecule has 2 amide bonds. The van der Waals surface area contributed by atoms with Crippen molar-refractivity contribution in [2.75, 3.05) is 18.5 Å². The zero-order valence-corrected chi connectivity index (χ0v) is 22.6. The molecule has 3 aromatic carbocycles. The molecule has 5 rings (SSSR count). The third-order valence-corrected chi connectivity index (χ3v) is 7.38. The van der Waals surface area contributed by atoms with Crippen LogP contribution in [0.1, 0.15) is 46.0 Å². The predicted octanol–water partition coefficient (Wildman–Crippen LogP) is 6.57. The molecule has 4 aromatic rings. The van der Waals surface area contributed by atoms with Crippen molar-refractivity contribution < 1.29 is 27.2 Å². The molecule has 7 nitrogen and oxygen atoms in total. The average Bonchev–Trinajstić information content (AvgIpc) is 3.66. The van der Waals surface area contributed by atoms with E-state index in [4.69, 9.17) is 4.42 Å². The molecule has 210 valence electrons. The number of carbonyl (C=O) groups excluding carboxylic acids is 2. The van der Waals surface area contributed by atoms with E-state index in [0.717, 1.165) is 5.56 Å². The Hall–Kier alpha value is -4.78. The monoisotopic (exact) mass is 560 g/mol. The molecule has 0 radical (unpaired) electrons. The summed E-state index contributed by atoms with van der Waals surface area (Å²) in [6.07, 6.45) is -2.73. The van der Waals surface area contributed by atoms with E-state index in [9.17, 15) is 28.0 Å². The second-order valence-electron chi connectivity index (χ2n) is 10.1. The minimum absolute atomic E-state index is 0.0446. The summed E-state index contributed by atoms with van der Waals surface area (Å²) in [7, 11) is 1.51. The van der Waals surface area contributed by atoms with Gasteiger partial charge in [-0.1, -0.05) is 42.0 Å². The van der Waals surface area contributed by atoms with Crippen molar-refractivity contribution in [1.82, 2.24) is 10.6 Å². The molecule has 41 heavy (non-hydrogen) atoms. The van der Waals surface area contributed by atoms with Gasteiger partial charge in [-0.2, -0.15) is 18.4 Å². The summed E-state index contributed by atoms with van der Waals surface area (Å²) in [6, 6.07) is 17.1. The molecule has 0 bridgehead atoms. The molecular formula is C31H27F3N4O3. The number of hydrogen-bond acceptors (Lipinski definition) is 5. The molecule has 10 heteroatoms. The first kappa shape index (κ1) is 27.8. The first-order chi connectivity index (χ1) is 19.5. The van der Waals surface area contributed by atoms with Crippen LogP contribution >= 0.6 is 0 Å². The van der Waals surface area contributed by atoms with Crippen LogP contribution in [0.3, 0.4) is 0 Å². The van der Waals surface area contributed by atoms with Gasteiger partial charge in [0.1, 0.15) is 16.9 Å². The van der Waals surface area contributed by atoms with Crippen molar-refractivity contribution in [2.24, 2.45) is 0 Å². The third-order valence-electron chi connectivity index (χ3n) is 7.38. The molecule has 0 atom stereocenters. The summed E-state index contributed by atoms with van der Waals surface area (Å²) in [5.41, 5.74) is 1.71. The molecule has 0 spiro atoms. The molecule has 0 unspecified atom stereocenters. The van der Waals surface area contributed by atoms with Crippen molar-refractivity contribution in [3.8, 4) is 28.6 Å². The third kappa shape index (κ3) is 4.99. The van der Waals surface area contributed by atoms with Gasteiger partial charge in [-0.25, -0.2) is 0 Å². The van der Waals surface area contributed by atoms with Crippen LogP contribution in [0.2, 0.25) is 0 Å². The highest BCUT2D eigenvalue weighted by Crippen LogP contribution is 2.49. The van der Waals surface area contributed by atoms with Gasteiger partial charge in [0, 0.05) is 41.7 Å². The standard InChI is InChI=1S/C31H27F3N4O3/c1-4-38(17-35)24-16-25-23(26(29(40)36-3)27(41-25)19-10-8-18(2)9-11-19)15-22(24)20-6-5-7-21(14-20)28(39)37-30(12-13-30)31(32,33)34/h5-11,14-16H,4,12-13H2,1-3H3,(H,36,40)(H,37,39). The minimum Gasteiger partial charge on any atom is -0.455 e. The number of furan rings is 1. The number of hydrogen-bond donors (Lipinski definition) is 2. The Bertz CT molecular complexity index is 1700. The van der Waals surface area contributed by atoms with Gasteiger partial charge in [-0.3, -0.25) is 14.5 Å². The van der Waals surface area contributed by atoms with Crippen LogP contribution in [0, 0.1) is 18.4 Å². The average molecular weight is 561 g/mol. The number of halogens is 3. The van der Waals surface area contributed by atoms with Crippen LogP contribution in [-0.2, 0) is 0 Å². The fourth-order valence-electron chi connectivity index (χ4n) is 4.86. The van der Waals surface area contributed by atoms with E-state index in [0.29, 0.717) is 51.2 Å². The molecule has 1 saturated carbocycles. The summed E-state index contributed by atoms with van der Waals surface area (Å²) < 4.78 is 46.6. The molecular weight excluding hydrogens is 533 g/mol. The van der Waals surface area contributed by atoms with E-state index in [2.05, 4.69) is 16.8 Å². The lowest BCUT2D eigenvalue weighted by atomic mass is 9.96. The van der Waals surface area contributed by atoms with E-state index in [-0.39, 0.29) is 24.3 Å². The molecule has 1 fully saturated rings. The number of benzene rings is 3. The Morgan fingerprint density at radius 2 is 1.76 bits per heavy atom. The van der Waals surface area contributed by atoms with E-state index >= 15 is 0 Å². The minimum atomic E-state index is -4.54. The number of nitrogens with zero attached hydrogens (tertiary/aromatic N) is 2. The normalized spacial score (nSPS) is 13.9. The maximum absolute atomic E-state index is 13.5. The SMILES string of the molecule is CCN(C#N)c1cc2oc(-c3ccc(C)cc3)c(C(=O)NC)c2cc1-c1cccc(C(=O)NC2(C(F)(F)F)CC2)c1. The molecule has 0 aliphatic heterocycles. The Morgan fingerprint density at radius 1 is 1.05 bits per heavy atom. The van der Waals surface area contributed by atoms with Crippen LogP contribution in [0.4, 0.5) is 18.9 Å². The number of amides is 2. The highest BCUT2D eigenvalue weighted by atomic mass is 19.4. The lowest BCUT2D eigenvalue weighted by Gasteiger charge is -2.21. The number of anilines is 1. The largest absolute Gasteiger partial charge is 0.455 e. The van der Waals surface area contributed by atoms with Gasteiger partial charge < -0.3 is 15.1 Å². The fraction of sp³-hybridized carbons (Fsp3) is 0.258. The highest BCUT2D eigenvalue weighted by Gasteiger charge is 2.64. The number of alkyl halides is 3. The van der Waals surface area contributed by atoms with Gasteiger partial charge >= 0.3 is 6.18 Å². The van der Waals surface area contributed by atoms with Crippen LogP contribution in [0.5, 0.6) is 0 Å². The maximum Gasteiger partial charge on any atom is 0.411 e. The number of carbonyl (C=O) groups is 2. The van der Waals surface area contributed by atoms with E-state index < -0.39 is 17.6 Å². The number of nitrogens with one attached hydrogen (secondary N) is 2. The Kier molecular flexibility index (Phi) is 6.99. The molecule has 1 aromatic heterocycles. The summed E-state index contributed by atoms with van der Waals surface area (Å²) in [5, 5.41) is 15.2. The molecule has 1 aliphatic carbocycles. The summed E-state index contributed by atoms with van der Waals surface area (Å²) in [5.74, 6) is -0.855. The highest BCUT2D eigenvalue weighted by molar-refractivity contribution is 6.13. The van der Waals surface area contributed by atoms with Gasteiger partial charge in [0.15, 0.2) is 6.19 Å². The van der Waals surface area contributed by atoms with Crippen LogP contribution in [0.15, 0.2) is 65.1 Å². The van der Waals surface area contributed by atoms with Gasteiger partial charge in [0.2, 0.25) is 0 Å². The van der Waals surface area contributed by atoms with E-state index in [1.165, 1.54) is 24.1 Å². The van der Waals surface area contributed by atoms with E-state index in [1.807, 2.05) is 31.2 Å². The fourth-order valence-corrected chi connectivity index (χ4v) is 4.86. The lowest BCUT2D eigenvalue weighted by Crippen LogP contribution is -2.47. The van der Waals surface area contributed by atoms with Gasteiger partial charge in [-0.05, 0) is 50.5 Å². The van der Waals surface area contributed by atoms with Crippen LogP contribution < -0.4 is 15.5 Å². The molecule has 1 aliphatic rings. The van der Waals surface area contributed by atoms with Gasteiger partial charge in [-0.15, -0.1) is 0 Å². The summed E-state index contributed by atoms with van der Waals surface area (Å²) >= 11 is 0. The van der Waals surface area contributed by atoms with Crippen molar-refractivity contribution in [3.05, 3.63) is 77.4 Å². The first-order valence-electron chi connectivity index (χ1n) is 13.1. The summed E-state index contributed by atoms with van der Waals surface area (Å²) in [4.78, 5) is 27.4. The van der Waals surface area contributed by atoms with Crippen LogP contribution in [-0.4, -0.2) is 37.1 Å². The topological polar surface area (TPSA) is 98.4 Å². The zero-order valence-electron chi connectivity index (χ0n) is 22.6. The Balaban J connectivity index is 1.68. The van der Waals surface area contributed by atoms with Crippen molar-refractivity contribution in [3.63, 3.8) is 0 Å².